The Balaban J connectivity index is 2.51. The highest BCUT2D eigenvalue weighted by Crippen LogP contribution is 2.21. The average Bonchev–Trinajstić information content (AvgIpc) is 2.23. The zero-order chi connectivity index (χ0) is 15.3. The first-order chi connectivity index (χ1) is 9.18. The summed E-state index contributed by atoms with van der Waals surface area (Å²) in [5.41, 5.74) is -0.230. The Labute approximate surface area is 117 Å². The molecule has 2 amide bonds. The standard InChI is InChI=1S/C14H20F2N2O2/c1-9(19)7-14(2,3)8-17-13(20)18-12-5-10(15)4-11(16)6-12/h4-6,9,19H,7-8H2,1-3H3,(H2,17,18,20). The van der Waals surface area contributed by atoms with Gasteiger partial charge in [0.25, 0.3) is 0 Å². The second-order valence-corrected chi connectivity index (χ2v) is 5.68. The summed E-state index contributed by atoms with van der Waals surface area (Å²) < 4.78 is 25.9. The molecule has 0 aliphatic rings. The zero-order valence-corrected chi connectivity index (χ0v) is 11.8. The lowest BCUT2D eigenvalue weighted by Gasteiger charge is -2.26. The monoisotopic (exact) mass is 286 g/mol. The highest BCUT2D eigenvalue weighted by atomic mass is 19.1. The smallest absolute Gasteiger partial charge is 0.319 e. The van der Waals surface area contributed by atoms with Crippen molar-refractivity contribution in [2.45, 2.75) is 33.3 Å². The van der Waals surface area contributed by atoms with Crippen molar-refractivity contribution in [3.63, 3.8) is 0 Å². The van der Waals surface area contributed by atoms with Crippen molar-refractivity contribution >= 4 is 11.7 Å². The van der Waals surface area contributed by atoms with Gasteiger partial charge in [-0.2, -0.15) is 0 Å². The van der Waals surface area contributed by atoms with E-state index in [4.69, 9.17) is 0 Å². The van der Waals surface area contributed by atoms with Crippen molar-refractivity contribution in [1.82, 2.24) is 5.32 Å². The number of carbonyl (C=O) groups excluding carboxylic acids is 1. The summed E-state index contributed by atoms with van der Waals surface area (Å²) in [6.07, 6.45) is 0.0641. The normalized spacial score (nSPS) is 12.9. The van der Waals surface area contributed by atoms with E-state index < -0.39 is 23.8 Å². The van der Waals surface area contributed by atoms with Gasteiger partial charge in [0.15, 0.2) is 0 Å². The number of carbonyl (C=O) groups is 1. The number of nitrogens with one attached hydrogen (secondary N) is 2. The quantitative estimate of drug-likeness (QED) is 0.779. The van der Waals surface area contributed by atoms with E-state index >= 15 is 0 Å². The zero-order valence-electron chi connectivity index (χ0n) is 11.8. The predicted octanol–water partition coefficient (Wildman–Crippen LogP) is 2.88. The molecule has 1 unspecified atom stereocenters. The highest BCUT2D eigenvalue weighted by Gasteiger charge is 2.21. The van der Waals surface area contributed by atoms with Crippen LogP contribution in [0.1, 0.15) is 27.2 Å². The molecule has 0 saturated carbocycles. The Morgan fingerprint density at radius 3 is 2.35 bits per heavy atom. The first-order valence-electron chi connectivity index (χ1n) is 6.37. The Morgan fingerprint density at radius 1 is 1.30 bits per heavy atom. The van der Waals surface area contributed by atoms with E-state index in [2.05, 4.69) is 10.6 Å². The maximum absolute atomic E-state index is 13.0. The second kappa shape index (κ2) is 6.65. The van der Waals surface area contributed by atoms with Crippen LogP contribution >= 0.6 is 0 Å². The molecular formula is C14H20F2N2O2. The van der Waals surface area contributed by atoms with Gasteiger partial charge < -0.3 is 15.7 Å². The van der Waals surface area contributed by atoms with Crippen molar-refractivity contribution in [3.8, 4) is 0 Å². The third-order valence-electron chi connectivity index (χ3n) is 2.70. The van der Waals surface area contributed by atoms with Gasteiger partial charge in [-0.15, -0.1) is 0 Å². The topological polar surface area (TPSA) is 61.4 Å². The van der Waals surface area contributed by atoms with Crippen molar-refractivity contribution < 1.29 is 18.7 Å². The summed E-state index contributed by atoms with van der Waals surface area (Å²) >= 11 is 0. The number of aliphatic hydroxyl groups excluding tert-OH is 1. The van der Waals surface area contributed by atoms with Crippen LogP contribution in [-0.2, 0) is 0 Å². The van der Waals surface area contributed by atoms with E-state index in [0.29, 0.717) is 13.0 Å². The third-order valence-corrected chi connectivity index (χ3v) is 2.70. The van der Waals surface area contributed by atoms with Gasteiger partial charge in [-0.1, -0.05) is 13.8 Å². The third kappa shape index (κ3) is 5.97. The molecule has 0 bridgehead atoms. The molecule has 0 spiro atoms. The largest absolute Gasteiger partial charge is 0.393 e. The first kappa shape index (κ1) is 16.4. The Morgan fingerprint density at radius 2 is 1.85 bits per heavy atom. The minimum absolute atomic E-state index is 0.0494. The lowest BCUT2D eigenvalue weighted by molar-refractivity contribution is 0.129. The van der Waals surface area contributed by atoms with E-state index in [0.717, 1.165) is 18.2 Å². The van der Waals surface area contributed by atoms with Gasteiger partial charge in [-0.05, 0) is 30.9 Å². The van der Waals surface area contributed by atoms with Crippen LogP contribution in [0, 0.1) is 17.0 Å². The number of rotatable bonds is 5. The molecule has 0 aliphatic heterocycles. The molecule has 0 saturated heterocycles. The lowest BCUT2D eigenvalue weighted by Crippen LogP contribution is -2.38. The van der Waals surface area contributed by atoms with E-state index in [1.165, 1.54) is 0 Å². The molecule has 1 aromatic rings. The van der Waals surface area contributed by atoms with Gasteiger partial charge in [0, 0.05) is 18.3 Å². The van der Waals surface area contributed by atoms with E-state index in [1.54, 1.807) is 6.92 Å². The van der Waals surface area contributed by atoms with E-state index in [-0.39, 0.29) is 11.1 Å². The maximum atomic E-state index is 13.0. The van der Waals surface area contributed by atoms with Crippen molar-refractivity contribution in [2.75, 3.05) is 11.9 Å². The number of anilines is 1. The fourth-order valence-corrected chi connectivity index (χ4v) is 1.99. The predicted molar refractivity (Wildman–Crippen MR) is 73.5 cm³/mol. The minimum Gasteiger partial charge on any atom is -0.393 e. The van der Waals surface area contributed by atoms with Crippen LogP contribution < -0.4 is 10.6 Å². The summed E-state index contributed by atoms with van der Waals surface area (Å²) in [7, 11) is 0. The number of halogens is 2. The van der Waals surface area contributed by atoms with Gasteiger partial charge >= 0.3 is 6.03 Å². The molecule has 0 radical (unpaired) electrons. The van der Waals surface area contributed by atoms with Gasteiger partial charge in [0.05, 0.1) is 6.10 Å². The van der Waals surface area contributed by atoms with E-state index in [1.807, 2.05) is 13.8 Å². The first-order valence-corrected chi connectivity index (χ1v) is 6.37. The van der Waals surface area contributed by atoms with Crippen molar-refractivity contribution in [1.29, 1.82) is 0 Å². The van der Waals surface area contributed by atoms with Crippen LogP contribution in [0.25, 0.3) is 0 Å². The number of amides is 2. The van der Waals surface area contributed by atoms with Crippen molar-refractivity contribution in [3.05, 3.63) is 29.8 Å². The summed E-state index contributed by atoms with van der Waals surface area (Å²) in [5, 5.41) is 14.3. The van der Waals surface area contributed by atoms with Crippen LogP contribution in [0.4, 0.5) is 19.3 Å². The molecule has 0 aliphatic carbocycles. The number of hydrogen-bond acceptors (Lipinski definition) is 2. The highest BCUT2D eigenvalue weighted by molar-refractivity contribution is 5.89. The molecule has 6 heteroatoms. The molecule has 20 heavy (non-hydrogen) atoms. The van der Waals surface area contributed by atoms with E-state index in [9.17, 15) is 18.7 Å². The molecule has 1 rings (SSSR count). The average molecular weight is 286 g/mol. The molecule has 0 fully saturated rings. The summed E-state index contributed by atoms with van der Waals surface area (Å²) in [4.78, 5) is 11.6. The van der Waals surface area contributed by atoms with Gasteiger partial charge in [0.1, 0.15) is 11.6 Å². The molecule has 1 aromatic carbocycles. The number of hydrogen-bond donors (Lipinski definition) is 3. The molecule has 1 atom stereocenters. The molecule has 4 nitrogen and oxygen atoms in total. The Kier molecular flexibility index (Phi) is 5.44. The summed E-state index contributed by atoms with van der Waals surface area (Å²) in [6, 6.07) is 2.25. The molecule has 3 N–H and O–H groups in total. The van der Waals surface area contributed by atoms with Gasteiger partial charge in [0.2, 0.25) is 0 Å². The fraction of sp³-hybridized carbons (Fsp3) is 0.500. The number of benzene rings is 1. The molecule has 0 aromatic heterocycles. The summed E-state index contributed by atoms with van der Waals surface area (Å²) in [6.45, 7) is 5.82. The summed E-state index contributed by atoms with van der Waals surface area (Å²) in [5.74, 6) is -1.51. The maximum Gasteiger partial charge on any atom is 0.319 e. The van der Waals surface area contributed by atoms with Gasteiger partial charge in [-0.25, -0.2) is 13.6 Å². The van der Waals surface area contributed by atoms with Crippen LogP contribution in [-0.4, -0.2) is 23.8 Å². The number of urea groups is 1. The van der Waals surface area contributed by atoms with Crippen LogP contribution in [0.5, 0.6) is 0 Å². The second-order valence-electron chi connectivity index (χ2n) is 5.68. The minimum atomic E-state index is -0.755. The lowest BCUT2D eigenvalue weighted by atomic mass is 9.87. The van der Waals surface area contributed by atoms with Crippen LogP contribution in [0.15, 0.2) is 18.2 Å². The Hall–Kier alpha value is -1.69. The molecule has 0 heterocycles. The van der Waals surface area contributed by atoms with Crippen LogP contribution in [0.2, 0.25) is 0 Å². The molecular weight excluding hydrogens is 266 g/mol. The van der Waals surface area contributed by atoms with Crippen molar-refractivity contribution in [2.24, 2.45) is 5.41 Å². The number of aliphatic hydroxyl groups is 1. The molecule has 112 valence electrons. The fourth-order valence-electron chi connectivity index (χ4n) is 1.99. The van der Waals surface area contributed by atoms with Crippen LogP contribution in [0.3, 0.4) is 0 Å². The van der Waals surface area contributed by atoms with Gasteiger partial charge in [-0.3, -0.25) is 0 Å². The Bertz CT molecular complexity index is 456. The SMILES string of the molecule is CC(O)CC(C)(C)CNC(=O)Nc1cc(F)cc(F)c1.